The van der Waals surface area contributed by atoms with Crippen molar-refractivity contribution >= 4 is 23.0 Å². The van der Waals surface area contributed by atoms with Crippen molar-refractivity contribution in [2.24, 2.45) is 5.92 Å². The predicted octanol–water partition coefficient (Wildman–Crippen LogP) is 4.11. The number of thiocarbonyl (C=S) groups is 1. The van der Waals surface area contributed by atoms with Crippen LogP contribution in [0.3, 0.4) is 0 Å². The van der Waals surface area contributed by atoms with Crippen LogP contribution in [0.25, 0.3) is 0 Å². The molecule has 2 rings (SSSR count). The van der Waals surface area contributed by atoms with Crippen LogP contribution in [0, 0.1) is 5.92 Å². The van der Waals surface area contributed by atoms with Crippen LogP contribution in [-0.4, -0.2) is 36.2 Å². The summed E-state index contributed by atoms with van der Waals surface area (Å²) in [6, 6.07) is 4.85. The maximum absolute atomic E-state index is 12.5. The second kappa shape index (κ2) is 8.67. The number of nitrogens with zero attached hydrogens (tertiary/aromatic N) is 1. The van der Waals surface area contributed by atoms with Gasteiger partial charge in [-0.1, -0.05) is 6.92 Å². The van der Waals surface area contributed by atoms with Gasteiger partial charge in [0, 0.05) is 12.2 Å². The van der Waals surface area contributed by atoms with E-state index in [0.29, 0.717) is 10.8 Å². The standard InChI is InChI=1S/C17H24F3N3S/c1-13-7-11-23(12-8-13)10-2-9-21-16(24)22-15-5-3-14(4-6-15)17(18,19)20/h3-6,13H,2,7-12H2,1H3,(H2,21,22,24). The lowest BCUT2D eigenvalue weighted by Gasteiger charge is -2.30. The van der Waals surface area contributed by atoms with Crippen molar-refractivity contribution in [3.05, 3.63) is 29.8 Å². The second-order valence-corrected chi connectivity index (χ2v) is 6.74. The number of hydrogen-bond acceptors (Lipinski definition) is 2. The molecule has 0 radical (unpaired) electrons. The van der Waals surface area contributed by atoms with Crippen LogP contribution in [0.15, 0.2) is 24.3 Å². The van der Waals surface area contributed by atoms with E-state index >= 15 is 0 Å². The van der Waals surface area contributed by atoms with Crippen molar-refractivity contribution in [3.8, 4) is 0 Å². The Morgan fingerprint density at radius 1 is 1.21 bits per heavy atom. The van der Waals surface area contributed by atoms with E-state index in [0.717, 1.165) is 50.7 Å². The van der Waals surface area contributed by atoms with Crippen molar-refractivity contribution in [1.82, 2.24) is 10.2 Å². The molecule has 0 spiro atoms. The van der Waals surface area contributed by atoms with Crippen molar-refractivity contribution in [2.45, 2.75) is 32.4 Å². The number of anilines is 1. The number of halogens is 3. The fourth-order valence-electron chi connectivity index (χ4n) is 2.71. The van der Waals surface area contributed by atoms with Crippen molar-refractivity contribution in [2.75, 3.05) is 31.5 Å². The van der Waals surface area contributed by atoms with Gasteiger partial charge >= 0.3 is 6.18 Å². The Morgan fingerprint density at radius 2 is 1.83 bits per heavy atom. The molecule has 0 amide bonds. The molecule has 0 saturated carbocycles. The minimum Gasteiger partial charge on any atom is -0.362 e. The molecule has 0 aliphatic carbocycles. The first-order chi connectivity index (χ1) is 11.3. The van der Waals surface area contributed by atoms with E-state index in [4.69, 9.17) is 12.2 Å². The molecule has 0 unspecified atom stereocenters. The Morgan fingerprint density at radius 3 is 2.42 bits per heavy atom. The first kappa shape index (κ1) is 19.0. The summed E-state index contributed by atoms with van der Waals surface area (Å²) in [5, 5.41) is 6.43. The third-order valence-electron chi connectivity index (χ3n) is 4.28. The quantitative estimate of drug-likeness (QED) is 0.611. The Kier molecular flexibility index (Phi) is 6.86. The van der Waals surface area contributed by atoms with Gasteiger partial charge in [-0.2, -0.15) is 13.2 Å². The maximum atomic E-state index is 12.5. The summed E-state index contributed by atoms with van der Waals surface area (Å²) in [7, 11) is 0. The van der Waals surface area contributed by atoms with E-state index in [1.807, 2.05) is 0 Å². The van der Waals surface area contributed by atoms with Gasteiger partial charge in [0.2, 0.25) is 0 Å². The Hall–Kier alpha value is -1.34. The van der Waals surface area contributed by atoms with E-state index in [9.17, 15) is 13.2 Å². The largest absolute Gasteiger partial charge is 0.416 e. The molecule has 1 aliphatic heterocycles. The number of hydrogen-bond donors (Lipinski definition) is 2. The van der Waals surface area contributed by atoms with Gasteiger partial charge in [0.25, 0.3) is 0 Å². The van der Waals surface area contributed by atoms with Crippen LogP contribution in [0.1, 0.15) is 31.7 Å². The number of alkyl halides is 3. The number of likely N-dealkylation sites (tertiary alicyclic amines) is 1. The second-order valence-electron chi connectivity index (χ2n) is 6.33. The molecule has 1 fully saturated rings. The number of rotatable bonds is 5. The van der Waals surface area contributed by atoms with E-state index in [2.05, 4.69) is 22.5 Å². The summed E-state index contributed by atoms with van der Waals surface area (Å²) in [6.45, 7) is 6.41. The molecule has 1 aliphatic rings. The van der Waals surface area contributed by atoms with Crippen LogP contribution >= 0.6 is 12.2 Å². The van der Waals surface area contributed by atoms with Crippen molar-refractivity contribution in [3.63, 3.8) is 0 Å². The fourth-order valence-corrected chi connectivity index (χ4v) is 2.93. The highest BCUT2D eigenvalue weighted by atomic mass is 32.1. The van der Waals surface area contributed by atoms with Gasteiger partial charge in [0.15, 0.2) is 5.11 Å². The monoisotopic (exact) mass is 359 g/mol. The molecule has 24 heavy (non-hydrogen) atoms. The summed E-state index contributed by atoms with van der Waals surface area (Å²) in [5.41, 5.74) is -0.117. The zero-order valence-corrected chi connectivity index (χ0v) is 14.6. The predicted molar refractivity (Wildman–Crippen MR) is 95.1 cm³/mol. The summed E-state index contributed by atoms with van der Waals surface area (Å²) in [5.74, 6) is 0.833. The summed E-state index contributed by atoms with van der Waals surface area (Å²) in [4.78, 5) is 2.47. The van der Waals surface area contributed by atoms with Crippen LogP contribution < -0.4 is 10.6 Å². The molecule has 134 valence electrons. The van der Waals surface area contributed by atoms with Gasteiger partial charge < -0.3 is 15.5 Å². The molecule has 1 aromatic carbocycles. The lowest BCUT2D eigenvalue weighted by Crippen LogP contribution is -2.36. The highest BCUT2D eigenvalue weighted by Crippen LogP contribution is 2.29. The van der Waals surface area contributed by atoms with E-state index in [-0.39, 0.29) is 0 Å². The Bertz CT molecular complexity index is 523. The molecule has 1 heterocycles. The van der Waals surface area contributed by atoms with Gasteiger partial charge in [-0.25, -0.2) is 0 Å². The average Bonchev–Trinajstić information content (AvgIpc) is 2.53. The summed E-state index contributed by atoms with van der Waals surface area (Å²) < 4.78 is 37.5. The zero-order chi connectivity index (χ0) is 17.6. The van der Waals surface area contributed by atoms with E-state index < -0.39 is 11.7 Å². The van der Waals surface area contributed by atoms with Gasteiger partial charge in [0.05, 0.1) is 5.56 Å². The van der Waals surface area contributed by atoms with Crippen LogP contribution in [0.4, 0.5) is 18.9 Å². The maximum Gasteiger partial charge on any atom is 0.416 e. The SMILES string of the molecule is CC1CCN(CCCNC(=S)Nc2ccc(C(F)(F)F)cc2)CC1. The lowest BCUT2D eigenvalue weighted by atomic mass is 9.99. The van der Waals surface area contributed by atoms with Crippen molar-refractivity contribution < 1.29 is 13.2 Å². The Labute approximate surface area is 146 Å². The van der Waals surface area contributed by atoms with Crippen molar-refractivity contribution in [1.29, 1.82) is 0 Å². The summed E-state index contributed by atoms with van der Waals surface area (Å²) in [6.07, 6.45) is -0.796. The zero-order valence-electron chi connectivity index (χ0n) is 13.8. The molecular weight excluding hydrogens is 335 g/mol. The molecule has 0 bridgehead atoms. The molecule has 0 aromatic heterocycles. The fraction of sp³-hybridized carbons (Fsp3) is 0.588. The Balaban J connectivity index is 1.64. The number of nitrogens with one attached hydrogen (secondary N) is 2. The molecule has 3 nitrogen and oxygen atoms in total. The highest BCUT2D eigenvalue weighted by Gasteiger charge is 2.29. The third-order valence-corrected chi connectivity index (χ3v) is 4.53. The molecule has 2 N–H and O–H groups in total. The molecule has 1 aromatic rings. The highest BCUT2D eigenvalue weighted by molar-refractivity contribution is 7.80. The number of benzene rings is 1. The minimum atomic E-state index is -4.32. The minimum absolute atomic E-state index is 0.432. The topological polar surface area (TPSA) is 27.3 Å². The lowest BCUT2D eigenvalue weighted by molar-refractivity contribution is -0.137. The van der Waals surface area contributed by atoms with Gasteiger partial charge in [-0.3, -0.25) is 0 Å². The van der Waals surface area contributed by atoms with Crippen LogP contribution in [0.2, 0.25) is 0 Å². The third kappa shape index (κ3) is 6.28. The normalized spacial score (nSPS) is 16.8. The van der Waals surface area contributed by atoms with E-state index in [1.54, 1.807) is 0 Å². The first-order valence-electron chi connectivity index (χ1n) is 8.29. The first-order valence-corrected chi connectivity index (χ1v) is 8.70. The van der Waals surface area contributed by atoms with Crippen LogP contribution in [0.5, 0.6) is 0 Å². The molecule has 1 saturated heterocycles. The smallest absolute Gasteiger partial charge is 0.362 e. The molecular formula is C17H24F3N3S. The molecule has 0 atom stereocenters. The van der Waals surface area contributed by atoms with Gasteiger partial charge in [-0.15, -0.1) is 0 Å². The average molecular weight is 359 g/mol. The van der Waals surface area contributed by atoms with Gasteiger partial charge in [-0.05, 0) is 81.3 Å². The van der Waals surface area contributed by atoms with Crippen LogP contribution in [-0.2, 0) is 6.18 Å². The van der Waals surface area contributed by atoms with E-state index in [1.165, 1.54) is 25.0 Å². The number of piperidine rings is 1. The molecule has 7 heteroatoms. The van der Waals surface area contributed by atoms with Gasteiger partial charge in [0.1, 0.15) is 0 Å². The summed E-state index contributed by atoms with van der Waals surface area (Å²) >= 11 is 5.17.